The topological polar surface area (TPSA) is 102 Å². The van der Waals surface area contributed by atoms with Crippen molar-refractivity contribution >= 4 is 11.9 Å². The number of nitrogens with zero attached hydrogens (tertiary/aromatic N) is 1. The van der Waals surface area contributed by atoms with Crippen LogP contribution in [0.15, 0.2) is 84.9 Å². The molecule has 0 aromatic heterocycles. The van der Waals surface area contributed by atoms with E-state index in [-0.39, 0.29) is 12.0 Å². The molecule has 10 heteroatoms. The molecule has 310 valence electrons. The predicted octanol–water partition coefficient (Wildman–Crippen LogP) is 9.63. The van der Waals surface area contributed by atoms with Crippen molar-refractivity contribution in [1.29, 1.82) is 0 Å². The second-order valence-electron chi connectivity index (χ2n) is 15.2. The van der Waals surface area contributed by atoms with Crippen molar-refractivity contribution in [2.24, 2.45) is 0 Å². The van der Waals surface area contributed by atoms with Gasteiger partial charge >= 0.3 is 5.97 Å². The third-order valence-corrected chi connectivity index (χ3v) is 11.8. The molecule has 10 nitrogen and oxygen atoms in total. The summed E-state index contributed by atoms with van der Waals surface area (Å²) in [6.45, 7) is 2.43. The third-order valence-electron chi connectivity index (χ3n) is 11.8. The van der Waals surface area contributed by atoms with Crippen LogP contribution in [0.3, 0.4) is 0 Å². The molecule has 6 rings (SSSR count). The number of methoxy groups -OCH3 is 5. The molecule has 4 aromatic rings. The molecule has 1 amide bonds. The zero-order valence-electron chi connectivity index (χ0n) is 34.9. The normalized spacial score (nSPS) is 19.0. The number of rotatable bonds is 17. The number of hydrogen-bond donors (Lipinski definition) is 0. The number of esters is 1. The van der Waals surface area contributed by atoms with Gasteiger partial charge in [-0.25, -0.2) is 4.79 Å². The molecule has 0 spiro atoms. The number of amides is 1. The molecule has 58 heavy (non-hydrogen) atoms. The van der Waals surface area contributed by atoms with E-state index in [0.29, 0.717) is 66.9 Å². The van der Waals surface area contributed by atoms with Crippen LogP contribution < -0.4 is 28.4 Å². The first-order chi connectivity index (χ1) is 28.3. The van der Waals surface area contributed by atoms with E-state index in [0.717, 1.165) is 61.0 Å². The zero-order chi connectivity index (χ0) is 41.0. The average molecular weight is 794 g/mol. The first kappa shape index (κ1) is 42.2. The summed E-state index contributed by atoms with van der Waals surface area (Å²) >= 11 is 0. The van der Waals surface area contributed by atoms with Crippen molar-refractivity contribution in [3.8, 4) is 34.5 Å². The Morgan fingerprint density at radius 3 is 2.02 bits per heavy atom. The van der Waals surface area contributed by atoms with Crippen molar-refractivity contribution in [3.63, 3.8) is 0 Å². The number of carbonyl (C=O) groups is 2. The smallest absolute Gasteiger partial charge is 0.329 e. The van der Waals surface area contributed by atoms with Crippen LogP contribution in [0.25, 0.3) is 0 Å². The fourth-order valence-electron chi connectivity index (χ4n) is 8.60. The monoisotopic (exact) mass is 793 g/mol. The lowest BCUT2D eigenvalue weighted by molar-refractivity contribution is -0.162. The highest BCUT2D eigenvalue weighted by atomic mass is 16.6. The molecule has 0 N–H and O–H groups in total. The van der Waals surface area contributed by atoms with Gasteiger partial charge in [0.15, 0.2) is 23.0 Å². The van der Waals surface area contributed by atoms with Gasteiger partial charge in [0.25, 0.3) is 0 Å². The molecule has 1 saturated heterocycles. The summed E-state index contributed by atoms with van der Waals surface area (Å²) in [6.07, 6.45) is 7.13. The standard InChI is InChI=1S/C48H59NO9/c1-7-37(35-30-44(54-4)46(56-6)45(31-35)55-5)47(50)49-28-14-13-18-39(49)48(51)58-41(26-20-32-21-27-42(52-2)43(29-32)53-3)38-17-11-12-19-40(38)57-36-24-22-34(23-25-36)33-15-9-8-10-16-33/h8-12,15-17,19,21,27,29-31,34,36-37,39,41H,7,13-14,18,20,22-26,28H2,1-6H3/t34?,36?,37-,39-,41+/m0/s1. The van der Waals surface area contributed by atoms with E-state index in [1.807, 2.05) is 61.5 Å². The Morgan fingerprint density at radius 2 is 1.36 bits per heavy atom. The van der Waals surface area contributed by atoms with Crippen LogP contribution in [0.5, 0.6) is 34.5 Å². The molecule has 3 atom stereocenters. The van der Waals surface area contributed by atoms with Gasteiger partial charge in [0.2, 0.25) is 11.7 Å². The number of likely N-dealkylation sites (tertiary alicyclic amines) is 1. The fraction of sp³-hybridized carbons (Fsp3) is 0.458. The van der Waals surface area contributed by atoms with Gasteiger partial charge in [-0.15, -0.1) is 0 Å². The summed E-state index contributed by atoms with van der Waals surface area (Å²) in [5.74, 6) is 2.85. The summed E-state index contributed by atoms with van der Waals surface area (Å²) in [6, 6.07) is 27.4. The second kappa shape index (κ2) is 20.4. The molecular weight excluding hydrogens is 735 g/mol. The Morgan fingerprint density at radius 1 is 0.690 bits per heavy atom. The van der Waals surface area contributed by atoms with Crippen molar-refractivity contribution in [1.82, 2.24) is 4.90 Å². The molecule has 0 radical (unpaired) electrons. The molecule has 1 aliphatic carbocycles. The van der Waals surface area contributed by atoms with Crippen LogP contribution in [-0.2, 0) is 20.7 Å². The van der Waals surface area contributed by atoms with E-state index in [2.05, 4.69) is 30.3 Å². The Kier molecular flexibility index (Phi) is 14.8. The minimum atomic E-state index is -0.734. The summed E-state index contributed by atoms with van der Waals surface area (Å²) in [7, 11) is 7.90. The van der Waals surface area contributed by atoms with E-state index < -0.39 is 24.0 Å². The minimum Gasteiger partial charge on any atom is -0.493 e. The van der Waals surface area contributed by atoms with Crippen molar-refractivity contribution in [2.75, 3.05) is 42.1 Å². The van der Waals surface area contributed by atoms with Crippen LogP contribution in [0, 0.1) is 0 Å². The van der Waals surface area contributed by atoms with Crippen molar-refractivity contribution in [3.05, 3.63) is 107 Å². The van der Waals surface area contributed by atoms with Gasteiger partial charge in [0.05, 0.1) is 47.6 Å². The van der Waals surface area contributed by atoms with E-state index in [9.17, 15) is 9.59 Å². The molecular formula is C48H59NO9. The SMILES string of the molecule is CC[C@H](C(=O)N1CCCC[C@H]1C(=O)O[C@H](CCc1ccc(OC)c(OC)c1)c1ccccc1OC1CCC(c2ccccc2)CC1)c1cc(OC)c(OC)c(OC)c1. The minimum absolute atomic E-state index is 0.0518. The largest absolute Gasteiger partial charge is 0.493 e. The molecule has 2 fully saturated rings. The average Bonchev–Trinajstić information content (AvgIpc) is 3.28. The van der Waals surface area contributed by atoms with Crippen molar-refractivity contribution in [2.45, 2.75) is 101 Å². The predicted molar refractivity (Wildman–Crippen MR) is 224 cm³/mol. The lowest BCUT2D eigenvalue weighted by Gasteiger charge is -2.37. The number of ether oxygens (including phenoxy) is 7. The number of piperidine rings is 1. The molecule has 0 unspecified atom stereocenters. The summed E-state index contributed by atoms with van der Waals surface area (Å²) in [4.78, 5) is 30.8. The number of carbonyl (C=O) groups excluding carboxylic acids is 2. The van der Waals surface area contributed by atoms with E-state index in [4.69, 9.17) is 33.2 Å². The first-order valence-corrected chi connectivity index (χ1v) is 20.6. The van der Waals surface area contributed by atoms with Crippen molar-refractivity contribution < 1.29 is 42.7 Å². The lowest BCUT2D eigenvalue weighted by Crippen LogP contribution is -2.50. The highest BCUT2D eigenvalue weighted by Gasteiger charge is 2.38. The Labute approximate surface area is 343 Å². The molecule has 0 bridgehead atoms. The van der Waals surface area contributed by atoms with E-state index >= 15 is 0 Å². The van der Waals surface area contributed by atoms with Gasteiger partial charge in [-0.2, -0.15) is 0 Å². The quantitative estimate of drug-likeness (QED) is 0.0968. The first-order valence-electron chi connectivity index (χ1n) is 20.6. The Balaban J connectivity index is 1.25. The molecule has 1 saturated carbocycles. The molecule has 4 aromatic carbocycles. The summed E-state index contributed by atoms with van der Waals surface area (Å²) in [5.41, 5.74) is 3.95. The van der Waals surface area contributed by atoms with E-state index in [1.165, 1.54) is 5.56 Å². The maximum Gasteiger partial charge on any atom is 0.329 e. The maximum atomic E-state index is 14.5. The number of aryl methyl sites for hydroxylation is 1. The molecule has 1 heterocycles. The number of para-hydroxylation sites is 1. The highest BCUT2D eigenvalue weighted by Crippen LogP contribution is 2.42. The molecule has 2 aliphatic rings. The lowest BCUT2D eigenvalue weighted by atomic mass is 9.83. The molecule has 1 aliphatic heterocycles. The summed E-state index contributed by atoms with van der Waals surface area (Å²) < 4.78 is 41.2. The summed E-state index contributed by atoms with van der Waals surface area (Å²) in [5, 5.41) is 0. The number of benzene rings is 4. The van der Waals surface area contributed by atoms with Crippen LogP contribution in [0.2, 0.25) is 0 Å². The van der Waals surface area contributed by atoms with Gasteiger partial charge in [-0.1, -0.05) is 61.5 Å². The van der Waals surface area contributed by atoms with Gasteiger partial charge in [-0.3, -0.25) is 4.79 Å². The number of hydrogen-bond acceptors (Lipinski definition) is 9. The van der Waals surface area contributed by atoms with E-state index in [1.54, 1.807) is 40.4 Å². The maximum absolute atomic E-state index is 14.5. The fourth-order valence-corrected chi connectivity index (χ4v) is 8.60. The van der Waals surface area contributed by atoms with Gasteiger partial charge in [0.1, 0.15) is 17.9 Å². The third kappa shape index (κ3) is 9.83. The van der Waals surface area contributed by atoms with Gasteiger partial charge in [0, 0.05) is 12.1 Å². The van der Waals surface area contributed by atoms with Gasteiger partial charge in [-0.05, 0) is 117 Å². The van der Waals surface area contributed by atoms with Crippen LogP contribution >= 0.6 is 0 Å². The zero-order valence-corrected chi connectivity index (χ0v) is 34.9. The Bertz CT molecular complexity index is 1930. The van der Waals surface area contributed by atoms with Crippen LogP contribution in [0.4, 0.5) is 0 Å². The van der Waals surface area contributed by atoms with Crippen LogP contribution in [0.1, 0.15) is 105 Å². The highest BCUT2D eigenvalue weighted by molar-refractivity contribution is 5.89. The second-order valence-corrected chi connectivity index (χ2v) is 15.2. The van der Waals surface area contributed by atoms with Gasteiger partial charge < -0.3 is 38.1 Å². The van der Waals surface area contributed by atoms with Crippen LogP contribution in [-0.4, -0.2) is 71.0 Å². The Hall–Kier alpha value is -5.38.